The van der Waals surface area contributed by atoms with Crippen molar-refractivity contribution >= 4 is 21.6 Å². The van der Waals surface area contributed by atoms with Gasteiger partial charge in [-0.25, -0.2) is 4.98 Å². The molecule has 1 atom stereocenters. The Morgan fingerprint density at radius 1 is 1.53 bits per heavy atom. The first-order valence-electron chi connectivity index (χ1n) is 6.45. The van der Waals surface area contributed by atoms with Gasteiger partial charge in [0.15, 0.2) is 0 Å². The molecule has 0 aliphatic carbocycles. The number of hydrogen-bond acceptors (Lipinski definition) is 5. The summed E-state index contributed by atoms with van der Waals surface area (Å²) in [6.45, 7) is 6.12. The van der Waals surface area contributed by atoms with Crippen LogP contribution in [0.5, 0.6) is 0 Å². The monoisotopic (exact) mass is 279 g/mol. The molecule has 2 aromatic rings. The normalized spacial score (nSPS) is 19.4. The molecule has 3 rings (SSSR count). The van der Waals surface area contributed by atoms with Gasteiger partial charge in [-0.2, -0.15) is 0 Å². The summed E-state index contributed by atoms with van der Waals surface area (Å²) in [6.07, 6.45) is 1.02. The van der Waals surface area contributed by atoms with E-state index >= 15 is 0 Å². The first-order valence-corrected chi connectivity index (χ1v) is 7.27. The average molecular weight is 279 g/mol. The number of hydrogen-bond donors (Lipinski definition) is 2. The standard InChI is InChI=1S/C13H17N3O2S/c1-7-8(2)19-13-11(7)12(17)15-10(16-13)5-14-9-3-4-18-6-9/h9,14H,3-6H2,1-2H3,(H,15,16,17). The Hall–Kier alpha value is -1.24. The second-order valence-corrected chi connectivity index (χ2v) is 6.12. The number of rotatable bonds is 3. The molecule has 2 aromatic heterocycles. The van der Waals surface area contributed by atoms with E-state index in [1.54, 1.807) is 11.3 Å². The van der Waals surface area contributed by atoms with Crippen molar-refractivity contribution in [3.63, 3.8) is 0 Å². The van der Waals surface area contributed by atoms with Gasteiger partial charge in [-0.1, -0.05) is 0 Å². The molecule has 0 saturated carbocycles. The van der Waals surface area contributed by atoms with Gasteiger partial charge in [0.25, 0.3) is 5.56 Å². The van der Waals surface area contributed by atoms with Gasteiger partial charge in [0.1, 0.15) is 10.7 Å². The van der Waals surface area contributed by atoms with Crippen LogP contribution in [0.4, 0.5) is 0 Å². The Bertz CT molecular complexity index is 656. The summed E-state index contributed by atoms with van der Waals surface area (Å²) in [5, 5.41) is 4.09. The van der Waals surface area contributed by atoms with Gasteiger partial charge in [0, 0.05) is 17.5 Å². The van der Waals surface area contributed by atoms with Crippen LogP contribution in [-0.4, -0.2) is 29.2 Å². The van der Waals surface area contributed by atoms with Gasteiger partial charge in [-0.3, -0.25) is 4.79 Å². The molecule has 6 heteroatoms. The predicted octanol–water partition coefficient (Wildman–Crippen LogP) is 1.48. The fraction of sp³-hybridized carbons (Fsp3) is 0.538. The summed E-state index contributed by atoms with van der Waals surface area (Å²) in [5.74, 6) is 0.700. The molecular weight excluding hydrogens is 262 g/mol. The van der Waals surface area contributed by atoms with Crippen LogP contribution in [0, 0.1) is 13.8 Å². The third-order valence-corrected chi connectivity index (χ3v) is 4.68. The van der Waals surface area contributed by atoms with Crippen LogP contribution >= 0.6 is 11.3 Å². The van der Waals surface area contributed by atoms with E-state index in [4.69, 9.17) is 4.74 Å². The molecule has 1 saturated heterocycles. The zero-order valence-corrected chi connectivity index (χ0v) is 11.9. The van der Waals surface area contributed by atoms with Crippen LogP contribution in [0.3, 0.4) is 0 Å². The Morgan fingerprint density at radius 3 is 3.11 bits per heavy atom. The second-order valence-electron chi connectivity index (χ2n) is 4.92. The van der Waals surface area contributed by atoms with Crippen LogP contribution in [0.2, 0.25) is 0 Å². The smallest absolute Gasteiger partial charge is 0.259 e. The first kappa shape index (κ1) is 12.8. The van der Waals surface area contributed by atoms with Gasteiger partial charge < -0.3 is 15.0 Å². The lowest BCUT2D eigenvalue weighted by Crippen LogP contribution is -2.30. The van der Waals surface area contributed by atoms with Crippen molar-refractivity contribution in [2.75, 3.05) is 13.2 Å². The van der Waals surface area contributed by atoms with Gasteiger partial charge in [0.2, 0.25) is 0 Å². The van der Waals surface area contributed by atoms with E-state index < -0.39 is 0 Å². The van der Waals surface area contributed by atoms with Crippen molar-refractivity contribution in [1.82, 2.24) is 15.3 Å². The SMILES string of the molecule is Cc1sc2nc(CNC3CCOC3)[nH]c(=O)c2c1C. The lowest BCUT2D eigenvalue weighted by atomic mass is 10.2. The van der Waals surface area contributed by atoms with Crippen LogP contribution in [0.25, 0.3) is 10.2 Å². The second kappa shape index (κ2) is 5.03. The number of nitrogens with zero attached hydrogens (tertiary/aromatic N) is 1. The number of aryl methyl sites for hydroxylation is 2. The predicted molar refractivity (Wildman–Crippen MR) is 75.8 cm³/mol. The first-order chi connectivity index (χ1) is 9.15. The molecule has 0 aromatic carbocycles. The van der Waals surface area contributed by atoms with Crippen molar-refractivity contribution in [1.29, 1.82) is 0 Å². The third kappa shape index (κ3) is 2.43. The Labute approximate surface area is 115 Å². The van der Waals surface area contributed by atoms with Gasteiger partial charge >= 0.3 is 0 Å². The highest BCUT2D eigenvalue weighted by atomic mass is 32.1. The van der Waals surface area contributed by atoms with Crippen molar-refractivity contribution in [3.05, 3.63) is 26.6 Å². The van der Waals surface area contributed by atoms with Crippen molar-refractivity contribution in [3.8, 4) is 0 Å². The van der Waals surface area contributed by atoms with E-state index in [0.29, 0.717) is 18.4 Å². The molecule has 1 fully saturated rings. The van der Waals surface area contributed by atoms with E-state index in [-0.39, 0.29) is 5.56 Å². The molecule has 1 aliphatic rings. The minimum Gasteiger partial charge on any atom is -0.380 e. The fourth-order valence-electron chi connectivity index (χ4n) is 2.32. The number of aromatic nitrogens is 2. The Balaban J connectivity index is 1.86. The highest BCUT2D eigenvalue weighted by Crippen LogP contribution is 2.25. The van der Waals surface area contributed by atoms with E-state index in [0.717, 1.165) is 40.3 Å². The molecule has 5 nitrogen and oxygen atoms in total. The van der Waals surface area contributed by atoms with Crippen molar-refractivity contribution in [2.24, 2.45) is 0 Å². The summed E-state index contributed by atoms with van der Waals surface area (Å²) in [6, 6.07) is 0.368. The molecule has 0 amide bonds. The summed E-state index contributed by atoms with van der Waals surface area (Å²) in [4.78, 5) is 21.5. The number of H-pyrrole nitrogens is 1. The molecule has 1 aliphatic heterocycles. The highest BCUT2D eigenvalue weighted by molar-refractivity contribution is 7.18. The summed E-state index contributed by atoms with van der Waals surface area (Å²) in [7, 11) is 0. The van der Waals surface area contributed by atoms with Crippen molar-refractivity contribution in [2.45, 2.75) is 32.9 Å². The van der Waals surface area contributed by atoms with E-state index in [9.17, 15) is 4.79 Å². The molecule has 3 heterocycles. The largest absolute Gasteiger partial charge is 0.380 e. The van der Waals surface area contributed by atoms with Gasteiger partial charge in [-0.05, 0) is 25.8 Å². The maximum atomic E-state index is 12.1. The maximum Gasteiger partial charge on any atom is 0.259 e. The molecule has 2 N–H and O–H groups in total. The lowest BCUT2D eigenvalue weighted by molar-refractivity contribution is 0.189. The number of thiophene rings is 1. The zero-order valence-electron chi connectivity index (χ0n) is 11.1. The number of aromatic amines is 1. The lowest BCUT2D eigenvalue weighted by Gasteiger charge is -2.09. The van der Waals surface area contributed by atoms with E-state index in [2.05, 4.69) is 15.3 Å². The molecule has 102 valence electrons. The quantitative estimate of drug-likeness (QED) is 0.893. The molecule has 0 radical (unpaired) electrons. The van der Waals surface area contributed by atoms with E-state index in [1.165, 1.54) is 0 Å². The Kier molecular flexibility index (Phi) is 3.38. The topological polar surface area (TPSA) is 67.0 Å². The highest BCUT2D eigenvalue weighted by Gasteiger charge is 2.16. The number of nitrogens with one attached hydrogen (secondary N) is 2. The van der Waals surface area contributed by atoms with Crippen LogP contribution in [-0.2, 0) is 11.3 Å². The molecular formula is C13H17N3O2S. The molecule has 19 heavy (non-hydrogen) atoms. The summed E-state index contributed by atoms with van der Waals surface area (Å²) >= 11 is 1.58. The minimum absolute atomic E-state index is 0.0358. The van der Waals surface area contributed by atoms with E-state index in [1.807, 2.05) is 13.8 Å². The minimum atomic E-state index is -0.0358. The number of ether oxygens (including phenoxy) is 1. The van der Waals surface area contributed by atoms with Crippen molar-refractivity contribution < 1.29 is 4.74 Å². The molecule has 1 unspecified atom stereocenters. The van der Waals surface area contributed by atoms with Gasteiger partial charge in [0.05, 0.1) is 18.5 Å². The van der Waals surface area contributed by atoms with Crippen LogP contribution in [0.1, 0.15) is 22.7 Å². The fourth-order valence-corrected chi connectivity index (χ4v) is 3.37. The Morgan fingerprint density at radius 2 is 2.37 bits per heavy atom. The summed E-state index contributed by atoms with van der Waals surface area (Å²) < 4.78 is 5.31. The van der Waals surface area contributed by atoms with Crippen LogP contribution < -0.4 is 10.9 Å². The number of fused-ring (bicyclic) bond motifs is 1. The summed E-state index contributed by atoms with van der Waals surface area (Å²) in [5.41, 5.74) is 1.00. The average Bonchev–Trinajstić information content (AvgIpc) is 2.96. The van der Waals surface area contributed by atoms with Crippen LogP contribution in [0.15, 0.2) is 4.79 Å². The van der Waals surface area contributed by atoms with Gasteiger partial charge in [-0.15, -0.1) is 11.3 Å². The maximum absolute atomic E-state index is 12.1. The molecule has 0 spiro atoms. The molecule has 0 bridgehead atoms. The third-order valence-electron chi connectivity index (χ3n) is 3.58. The zero-order chi connectivity index (χ0) is 13.4.